The number of carboxylic acid groups (broad SMARTS) is 1. The summed E-state index contributed by atoms with van der Waals surface area (Å²) in [6.07, 6.45) is -2.49. The highest BCUT2D eigenvalue weighted by atomic mass is 19.1. The lowest BCUT2D eigenvalue weighted by molar-refractivity contribution is 0.0697. The first-order chi connectivity index (χ1) is 8.54. The minimum atomic E-state index is -1.24. The van der Waals surface area contributed by atoms with Crippen molar-refractivity contribution < 1.29 is 18.7 Å². The Morgan fingerprint density at radius 2 is 1.61 bits per heavy atom. The fraction of sp³-hybridized carbons (Fsp3) is 0. The zero-order valence-electron chi connectivity index (χ0n) is 8.76. The van der Waals surface area contributed by atoms with Crippen molar-refractivity contribution in [2.24, 2.45) is 0 Å². The molecule has 2 aromatic rings. The van der Waals surface area contributed by atoms with Crippen molar-refractivity contribution in [1.82, 2.24) is 15.0 Å². The predicted molar refractivity (Wildman–Crippen MR) is 56.4 cm³/mol. The second-order valence-electron chi connectivity index (χ2n) is 3.20. The number of nitrogens with one attached hydrogen (secondary N) is 1. The standard InChI is InChI=1S/C10H6F2N4O2/c11-8-14-9(12)16-10(15-8)13-6-3-1-5(2-4-6)7(17)18/h1-4H,(H,17,18)(H,13,14,15,16). The van der Waals surface area contributed by atoms with E-state index in [4.69, 9.17) is 5.11 Å². The molecule has 0 aliphatic rings. The van der Waals surface area contributed by atoms with Gasteiger partial charge < -0.3 is 10.4 Å². The number of nitrogens with zero attached hydrogens (tertiary/aromatic N) is 3. The molecule has 0 fully saturated rings. The highest BCUT2D eigenvalue weighted by Crippen LogP contribution is 2.13. The van der Waals surface area contributed by atoms with E-state index < -0.39 is 18.1 Å². The van der Waals surface area contributed by atoms with Crippen LogP contribution in [-0.4, -0.2) is 26.0 Å². The molecule has 0 aliphatic heterocycles. The maximum atomic E-state index is 12.7. The number of aromatic nitrogens is 3. The summed E-state index contributed by atoms with van der Waals surface area (Å²) >= 11 is 0. The van der Waals surface area contributed by atoms with E-state index >= 15 is 0 Å². The fourth-order valence-electron chi connectivity index (χ4n) is 1.21. The number of carbonyl (C=O) groups is 1. The number of carboxylic acids is 1. The third-order valence-corrected chi connectivity index (χ3v) is 1.97. The average Bonchev–Trinajstić information content (AvgIpc) is 2.28. The quantitative estimate of drug-likeness (QED) is 0.862. The van der Waals surface area contributed by atoms with Crippen molar-refractivity contribution in [2.45, 2.75) is 0 Å². The first-order valence-electron chi connectivity index (χ1n) is 4.72. The maximum absolute atomic E-state index is 12.7. The van der Waals surface area contributed by atoms with Gasteiger partial charge in [0.15, 0.2) is 0 Å². The molecule has 0 aliphatic carbocycles. The van der Waals surface area contributed by atoms with Gasteiger partial charge in [0.25, 0.3) is 0 Å². The molecule has 0 saturated carbocycles. The number of anilines is 2. The van der Waals surface area contributed by atoms with Crippen LogP contribution >= 0.6 is 0 Å². The lowest BCUT2D eigenvalue weighted by atomic mass is 10.2. The van der Waals surface area contributed by atoms with Gasteiger partial charge in [-0.3, -0.25) is 0 Å². The summed E-state index contributed by atoms with van der Waals surface area (Å²) in [7, 11) is 0. The Labute approximate surface area is 99.3 Å². The van der Waals surface area contributed by atoms with Gasteiger partial charge in [0, 0.05) is 5.69 Å². The topological polar surface area (TPSA) is 88.0 Å². The third kappa shape index (κ3) is 2.73. The molecule has 8 heteroatoms. The van der Waals surface area contributed by atoms with Crippen LogP contribution in [0.5, 0.6) is 0 Å². The Balaban J connectivity index is 2.20. The molecule has 1 aromatic carbocycles. The van der Waals surface area contributed by atoms with Gasteiger partial charge in [-0.25, -0.2) is 4.79 Å². The van der Waals surface area contributed by atoms with Crippen molar-refractivity contribution >= 4 is 17.6 Å². The van der Waals surface area contributed by atoms with E-state index in [0.29, 0.717) is 5.69 Å². The number of hydrogen-bond acceptors (Lipinski definition) is 5. The number of halogens is 2. The van der Waals surface area contributed by atoms with Crippen molar-refractivity contribution in [3.05, 3.63) is 42.0 Å². The fourth-order valence-corrected chi connectivity index (χ4v) is 1.21. The van der Waals surface area contributed by atoms with Gasteiger partial charge in [-0.15, -0.1) is 0 Å². The van der Waals surface area contributed by atoms with E-state index in [0.717, 1.165) is 0 Å². The van der Waals surface area contributed by atoms with Crippen molar-refractivity contribution in [2.75, 3.05) is 5.32 Å². The largest absolute Gasteiger partial charge is 0.478 e. The smallest absolute Gasteiger partial charge is 0.335 e. The molecule has 0 spiro atoms. The SMILES string of the molecule is O=C(O)c1ccc(Nc2nc(F)nc(F)n2)cc1. The molecular formula is C10H6F2N4O2. The Hall–Kier alpha value is -2.64. The van der Waals surface area contributed by atoms with Crippen molar-refractivity contribution in [3.63, 3.8) is 0 Å². The van der Waals surface area contributed by atoms with E-state index in [-0.39, 0.29) is 11.5 Å². The van der Waals surface area contributed by atoms with Crippen LogP contribution in [0.3, 0.4) is 0 Å². The van der Waals surface area contributed by atoms with Gasteiger partial charge in [-0.1, -0.05) is 0 Å². The van der Waals surface area contributed by atoms with Crippen LogP contribution in [-0.2, 0) is 0 Å². The Morgan fingerprint density at radius 1 is 1.06 bits per heavy atom. The van der Waals surface area contributed by atoms with Gasteiger partial charge in [0.1, 0.15) is 0 Å². The zero-order chi connectivity index (χ0) is 13.1. The molecule has 0 unspecified atom stereocenters. The van der Waals surface area contributed by atoms with Gasteiger partial charge in [-0.05, 0) is 24.3 Å². The molecule has 2 rings (SSSR count). The van der Waals surface area contributed by atoms with Crippen LogP contribution in [0.15, 0.2) is 24.3 Å². The van der Waals surface area contributed by atoms with Gasteiger partial charge in [0.05, 0.1) is 5.56 Å². The van der Waals surface area contributed by atoms with Crippen LogP contribution in [0.1, 0.15) is 10.4 Å². The van der Waals surface area contributed by atoms with Crippen LogP contribution in [0.2, 0.25) is 0 Å². The van der Waals surface area contributed by atoms with Gasteiger partial charge >= 0.3 is 18.1 Å². The summed E-state index contributed by atoms with van der Waals surface area (Å²) < 4.78 is 25.4. The molecule has 0 amide bonds. The van der Waals surface area contributed by atoms with Crippen molar-refractivity contribution in [3.8, 4) is 0 Å². The average molecular weight is 252 g/mol. The Bertz CT molecular complexity index is 569. The highest BCUT2D eigenvalue weighted by molar-refractivity contribution is 5.88. The molecule has 0 bridgehead atoms. The second-order valence-corrected chi connectivity index (χ2v) is 3.20. The molecule has 1 heterocycles. The predicted octanol–water partition coefficient (Wildman–Crippen LogP) is 1.59. The van der Waals surface area contributed by atoms with Crippen LogP contribution in [0, 0.1) is 12.2 Å². The number of hydrogen-bond donors (Lipinski definition) is 2. The Kier molecular flexibility index (Phi) is 3.09. The van der Waals surface area contributed by atoms with E-state index in [1.165, 1.54) is 24.3 Å². The monoisotopic (exact) mass is 252 g/mol. The summed E-state index contributed by atoms with van der Waals surface area (Å²) in [6.45, 7) is 0. The minimum absolute atomic E-state index is 0.0913. The molecule has 1 aromatic heterocycles. The number of benzene rings is 1. The van der Waals surface area contributed by atoms with Gasteiger partial charge in [0.2, 0.25) is 5.95 Å². The lowest BCUT2D eigenvalue weighted by Crippen LogP contribution is -2.04. The van der Waals surface area contributed by atoms with Crippen LogP contribution < -0.4 is 5.32 Å². The summed E-state index contributed by atoms with van der Waals surface area (Å²) in [5.74, 6) is -1.37. The van der Waals surface area contributed by atoms with Crippen LogP contribution in [0.25, 0.3) is 0 Å². The molecule has 0 radical (unpaired) electrons. The first kappa shape index (κ1) is 11.8. The Morgan fingerprint density at radius 3 is 2.11 bits per heavy atom. The molecule has 0 saturated heterocycles. The highest BCUT2D eigenvalue weighted by Gasteiger charge is 2.06. The molecular weight excluding hydrogens is 246 g/mol. The molecule has 18 heavy (non-hydrogen) atoms. The lowest BCUT2D eigenvalue weighted by Gasteiger charge is -2.04. The summed E-state index contributed by atoms with van der Waals surface area (Å²) in [4.78, 5) is 19.8. The second kappa shape index (κ2) is 4.70. The summed E-state index contributed by atoms with van der Waals surface area (Å²) in [5.41, 5.74) is 0.485. The van der Waals surface area contributed by atoms with E-state index in [1.54, 1.807) is 0 Å². The van der Waals surface area contributed by atoms with E-state index in [2.05, 4.69) is 20.3 Å². The summed E-state index contributed by atoms with van der Waals surface area (Å²) in [5, 5.41) is 11.2. The van der Waals surface area contributed by atoms with Crippen molar-refractivity contribution in [1.29, 1.82) is 0 Å². The minimum Gasteiger partial charge on any atom is -0.478 e. The van der Waals surface area contributed by atoms with E-state index in [1.807, 2.05) is 0 Å². The molecule has 92 valence electrons. The molecule has 0 atom stereocenters. The summed E-state index contributed by atoms with van der Waals surface area (Å²) in [6, 6.07) is 5.50. The van der Waals surface area contributed by atoms with E-state index in [9.17, 15) is 13.6 Å². The zero-order valence-corrected chi connectivity index (χ0v) is 8.76. The number of aromatic carboxylic acids is 1. The molecule has 2 N–H and O–H groups in total. The first-order valence-corrected chi connectivity index (χ1v) is 4.72. The van der Waals surface area contributed by atoms with Gasteiger partial charge in [-0.2, -0.15) is 23.7 Å². The maximum Gasteiger partial charge on any atom is 0.335 e. The van der Waals surface area contributed by atoms with Crippen LogP contribution in [0.4, 0.5) is 20.4 Å². The number of rotatable bonds is 3. The normalized spacial score (nSPS) is 10.1. The molecule has 6 nitrogen and oxygen atoms in total. The third-order valence-electron chi connectivity index (χ3n) is 1.97.